The average Bonchev–Trinajstić information content (AvgIpc) is 2.84. The standard InChI is InChI=1S/C15H13N3O2/c1-11-2-4-12(5-3-11)10-17-15-8-14(18(19)20)7-6-13(15)9-16-17/h2-9H,10H2,1H3. The van der Waals surface area contributed by atoms with E-state index in [0.717, 1.165) is 16.5 Å². The maximum atomic E-state index is 10.8. The summed E-state index contributed by atoms with van der Waals surface area (Å²) in [5.74, 6) is 0. The molecule has 5 nitrogen and oxygen atoms in total. The zero-order valence-corrected chi connectivity index (χ0v) is 11.0. The Morgan fingerprint density at radius 3 is 2.65 bits per heavy atom. The molecule has 0 unspecified atom stereocenters. The molecule has 0 bridgehead atoms. The summed E-state index contributed by atoms with van der Waals surface area (Å²) >= 11 is 0. The third-order valence-electron chi connectivity index (χ3n) is 3.29. The first-order valence-electron chi connectivity index (χ1n) is 6.29. The van der Waals surface area contributed by atoms with Gasteiger partial charge in [0.2, 0.25) is 0 Å². The monoisotopic (exact) mass is 267 g/mol. The first-order chi connectivity index (χ1) is 9.63. The number of nitro benzene ring substituents is 1. The van der Waals surface area contributed by atoms with Gasteiger partial charge in [-0.2, -0.15) is 5.10 Å². The topological polar surface area (TPSA) is 61.0 Å². The van der Waals surface area contributed by atoms with Crippen LogP contribution in [0.25, 0.3) is 10.9 Å². The smallest absolute Gasteiger partial charge is 0.260 e. The van der Waals surface area contributed by atoms with Crippen LogP contribution in [0.4, 0.5) is 5.69 Å². The fraction of sp³-hybridized carbons (Fsp3) is 0.133. The minimum atomic E-state index is -0.386. The van der Waals surface area contributed by atoms with E-state index < -0.39 is 0 Å². The van der Waals surface area contributed by atoms with E-state index in [1.807, 2.05) is 31.2 Å². The van der Waals surface area contributed by atoms with Gasteiger partial charge in [0.05, 0.1) is 23.2 Å². The highest BCUT2D eigenvalue weighted by atomic mass is 16.6. The molecule has 0 amide bonds. The highest BCUT2D eigenvalue weighted by Crippen LogP contribution is 2.21. The summed E-state index contributed by atoms with van der Waals surface area (Å²) in [6.45, 7) is 2.64. The molecule has 0 aliphatic rings. The minimum absolute atomic E-state index is 0.0863. The third-order valence-corrected chi connectivity index (χ3v) is 3.29. The number of benzene rings is 2. The van der Waals surface area contributed by atoms with Crippen molar-refractivity contribution in [2.45, 2.75) is 13.5 Å². The third kappa shape index (κ3) is 2.25. The van der Waals surface area contributed by atoms with E-state index in [0.29, 0.717) is 6.54 Å². The number of hydrogen-bond donors (Lipinski definition) is 0. The first-order valence-corrected chi connectivity index (χ1v) is 6.29. The van der Waals surface area contributed by atoms with Crippen molar-refractivity contribution in [2.24, 2.45) is 0 Å². The minimum Gasteiger partial charge on any atom is -0.260 e. The number of fused-ring (bicyclic) bond motifs is 1. The van der Waals surface area contributed by atoms with E-state index in [4.69, 9.17) is 0 Å². The summed E-state index contributed by atoms with van der Waals surface area (Å²) < 4.78 is 1.78. The lowest BCUT2D eigenvalue weighted by Gasteiger charge is -2.04. The predicted octanol–water partition coefficient (Wildman–Crippen LogP) is 3.30. The number of rotatable bonds is 3. The Balaban J connectivity index is 2.00. The van der Waals surface area contributed by atoms with Crippen molar-refractivity contribution in [2.75, 3.05) is 0 Å². The van der Waals surface area contributed by atoms with Crippen LogP contribution >= 0.6 is 0 Å². The van der Waals surface area contributed by atoms with Crippen molar-refractivity contribution in [1.29, 1.82) is 0 Å². The quantitative estimate of drug-likeness (QED) is 0.540. The molecule has 3 aromatic rings. The molecule has 0 atom stereocenters. The molecule has 0 saturated carbocycles. The van der Waals surface area contributed by atoms with Crippen LogP contribution in [0.3, 0.4) is 0 Å². The highest BCUT2D eigenvalue weighted by molar-refractivity contribution is 5.81. The van der Waals surface area contributed by atoms with Gasteiger partial charge in [-0.25, -0.2) is 0 Å². The van der Waals surface area contributed by atoms with Crippen molar-refractivity contribution < 1.29 is 4.92 Å². The van der Waals surface area contributed by atoms with Gasteiger partial charge in [0.1, 0.15) is 0 Å². The second-order valence-electron chi connectivity index (χ2n) is 4.79. The fourth-order valence-corrected chi connectivity index (χ4v) is 2.16. The van der Waals surface area contributed by atoms with E-state index in [-0.39, 0.29) is 10.6 Å². The Morgan fingerprint density at radius 2 is 1.95 bits per heavy atom. The van der Waals surface area contributed by atoms with Gasteiger partial charge in [0, 0.05) is 17.5 Å². The summed E-state index contributed by atoms with van der Waals surface area (Å²) in [7, 11) is 0. The second-order valence-corrected chi connectivity index (χ2v) is 4.79. The van der Waals surface area contributed by atoms with Gasteiger partial charge in [0.15, 0.2) is 0 Å². The number of nitro groups is 1. The van der Waals surface area contributed by atoms with Crippen LogP contribution < -0.4 is 0 Å². The molecule has 1 heterocycles. The molecule has 3 rings (SSSR count). The lowest BCUT2D eigenvalue weighted by atomic mass is 10.1. The number of aryl methyl sites for hydroxylation is 1. The van der Waals surface area contributed by atoms with E-state index in [2.05, 4.69) is 5.10 Å². The number of nitrogens with zero attached hydrogens (tertiary/aromatic N) is 3. The maximum Gasteiger partial charge on any atom is 0.271 e. The van der Waals surface area contributed by atoms with E-state index in [9.17, 15) is 10.1 Å². The van der Waals surface area contributed by atoms with Gasteiger partial charge in [0.25, 0.3) is 5.69 Å². The van der Waals surface area contributed by atoms with Crippen LogP contribution in [0.5, 0.6) is 0 Å². The van der Waals surface area contributed by atoms with E-state index >= 15 is 0 Å². The maximum absolute atomic E-state index is 10.8. The van der Waals surface area contributed by atoms with Gasteiger partial charge in [-0.3, -0.25) is 14.8 Å². The molecule has 100 valence electrons. The lowest BCUT2D eigenvalue weighted by Crippen LogP contribution is -2.01. The normalized spacial score (nSPS) is 10.8. The Bertz CT molecular complexity index is 775. The predicted molar refractivity (Wildman–Crippen MR) is 76.7 cm³/mol. The van der Waals surface area contributed by atoms with Crippen molar-refractivity contribution in [3.8, 4) is 0 Å². The number of non-ortho nitro benzene ring substituents is 1. The van der Waals surface area contributed by atoms with Gasteiger partial charge < -0.3 is 0 Å². The SMILES string of the molecule is Cc1ccc(Cn2ncc3ccc([N+](=O)[O-])cc32)cc1. The molecule has 0 N–H and O–H groups in total. The Kier molecular flexibility index (Phi) is 2.95. The van der Waals surface area contributed by atoms with Crippen LogP contribution in [0.2, 0.25) is 0 Å². The first kappa shape index (κ1) is 12.3. The number of aromatic nitrogens is 2. The van der Waals surface area contributed by atoms with E-state index in [1.54, 1.807) is 23.0 Å². The molecule has 20 heavy (non-hydrogen) atoms. The second kappa shape index (κ2) is 4.77. The van der Waals surface area contributed by atoms with Crippen LogP contribution in [-0.2, 0) is 6.54 Å². The molecule has 0 aliphatic heterocycles. The fourth-order valence-electron chi connectivity index (χ4n) is 2.16. The number of hydrogen-bond acceptors (Lipinski definition) is 3. The molecule has 0 spiro atoms. The molecule has 0 fully saturated rings. The van der Waals surface area contributed by atoms with Crippen LogP contribution in [-0.4, -0.2) is 14.7 Å². The summed E-state index contributed by atoms with van der Waals surface area (Å²) in [5.41, 5.74) is 3.18. The average molecular weight is 267 g/mol. The molecular formula is C15H13N3O2. The Labute approximate surface area is 115 Å². The highest BCUT2D eigenvalue weighted by Gasteiger charge is 2.10. The van der Waals surface area contributed by atoms with Gasteiger partial charge in [-0.15, -0.1) is 0 Å². The van der Waals surface area contributed by atoms with Crippen molar-refractivity contribution >= 4 is 16.6 Å². The Morgan fingerprint density at radius 1 is 1.20 bits per heavy atom. The van der Waals surface area contributed by atoms with Crippen LogP contribution in [0, 0.1) is 17.0 Å². The van der Waals surface area contributed by atoms with Gasteiger partial charge in [-0.05, 0) is 18.6 Å². The molecule has 0 saturated heterocycles. The largest absolute Gasteiger partial charge is 0.271 e. The zero-order valence-electron chi connectivity index (χ0n) is 11.0. The van der Waals surface area contributed by atoms with E-state index in [1.165, 1.54) is 11.6 Å². The lowest BCUT2D eigenvalue weighted by molar-refractivity contribution is -0.384. The summed E-state index contributed by atoms with van der Waals surface area (Å²) in [6.07, 6.45) is 1.73. The van der Waals surface area contributed by atoms with Crippen LogP contribution in [0.15, 0.2) is 48.7 Å². The summed E-state index contributed by atoms with van der Waals surface area (Å²) in [6, 6.07) is 13.0. The van der Waals surface area contributed by atoms with Crippen molar-refractivity contribution in [1.82, 2.24) is 9.78 Å². The van der Waals surface area contributed by atoms with Crippen molar-refractivity contribution in [3.05, 3.63) is 69.9 Å². The van der Waals surface area contributed by atoms with Gasteiger partial charge in [-0.1, -0.05) is 29.8 Å². The molecule has 5 heteroatoms. The van der Waals surface area contributed by atoms with Crippen molar-refractivity contribution in [3.63, 3.8) is 0 Å². The molecular weight excluding hydrogens is 254 g/mol. The van der Waals surface area contributed by atoms with Crippen LogP contribution in [0.1, 0.15) is 11.1 Å². The molecule has 2 aromatic carbocycles. The summed E-state index contributed by atoms with van der Waals surface area (Å²) in [4.78, 5) is 10.5. The molecule has 0 radical (unpaired) electrons. The Hall–Kier alpha value is -2.69. The molecule has 1 aromatic heterocycles. The zero-order chi connectivity index (χ0) is 14.1. The van der Waals surface area contributed by atoms with Gasteiger partial charge >= 0.3 is 0 Å². The molecule has 0 aliphatic carbocycles. The summed E-state index contributed by atoms with van der Waals surface area (Å²) in [5, 5.41) is 16.1.